The Morgan fingerprint density at radius 2 is 1.91 bits per heavy atom. The number of amides is 2. The van der Waals surface area contributed by atoms with Gasteiger partial charge in [0.15, 0.2) is 15.5 Å². The second-order valence-corrected chi connectivity index (χ2v) is 12.7. The van der Waals surface area contributed by atoms with Crippen molar-refractivity contribution in [3.05, 3.63) is 35.0 Å². The van der Waals surface area contributed by atoms with Gasteiger partial charge >= 0.3 is 0 Å². The Morgan fingerprint density at radius 1 is 1.21 bits per heavy atom. The summed E-state index contributed by atoms with van der Waals surface area (Å²) in [5.41, 5.74) is 1.86. The second kappa shape index (κ2) is 8.53. The molecule has 1 unspecified atom stereocenters. The number of rotatable bonds is 4. The van der Waals surface area contributed by atoms with Crippen molar-refractivity contribution in [2.24, 2.45) is 5.41 Å². The van der Waals surface area contributed by atoms with Crippen molar-refractivity contribution in [1.29, 1.82) is 0 Å². The van der Waals surface area contributed by atoms with Gasteiger partial charge in [0, 0.05) is 25.3 Å². The van der Waals surface area contributed by atoms with Gasteiger partial charge in [0.25, 0.3) is 11.8 Å². The van der Waals surface area contributed by atoms with Crippen LogP contribution in [0.2, 0.25) is 0 Å². The predicted octanol–water partition coefficient (Wildman–Crippen LogP) is 2.72. The number of thiophene rings is 1. The average Bonchev–Trinajstić information content (AvgIpc) is 3.39. The molecule has 4 rings (SSSR count). The Labute approximate surface area is 196 Å². The summed E-state index contributed by atoms with van der Waals surface area (Å²) in [7, 11) is -3.06. The number of hydrogen-bond donors (Lipinski definition) is 2. The summed E-state index contributed by atoms with van der Waals surface area (Å²) in [6, 6.07) is 3.47. The van der Waals surface area contributed by atoms with Gasteiger partial charge in [0.05, 0.1) is 38.7 Å². The lowest BCUT2D eigenvalue weighted by molar-refractivity contribution is 0.0774. The van der Waals surface area contributed by atoms with Crippen LogP contribution in [0, 0.1) is 5.41 Å². The molecule has 1 aliphatic rings. The Bertz CT molecular complexity index is 1310. The molecule has 1 saturated heterocycles. The highest BCUT2D eigenvalue weighted by Gasteiger charge is 2.27. The smallest absolute Gasteiger partial charge is 0.264 e. The summed E-state index contributed by atoms with van der Waals surface area (Å²) >= 11 is 1.27. The first-order valence-electron chi connectivity index (χ1n) is 10.7. The van der Waals surface area contributed by atoms with Gasteiger partial charge in [-0.1, -0.05) is 20.8 Å². The van der Waals surface area contributed by atoms with E-state index in [2.05, 4.69) is 41.0 Å². The fourth-order valence-electron chi connectivity index (χ4n) is 3.34. The zero-order chi connectivity index (χ0) is 24.0. The maximum atomic E-state index is 12.8. The molecule has 3 aromatic heterocycles. The van der Waals surface area contributed by atoms with Crippen LogP contribution >= 0.6 is 11.3 Å². The summed E-state index contributed by atoms with van der Waals surface area (Å²) in [4.78, 5) is 40.5. The van der Waals surface area contributed by atoms with E-state index in [4.69, 9.17) is 0 Å². The summed E-state index contributed by atoms with van der Waals surface area (Å²) in [6.45, 7) is 8.55. The number of nitrogens with one attached hydrogen (secondary N) is 2. The minimum atomic E-state index is -3.06. The standard InChI is InChI=1S/C22H27N5O4S2/c1-13(22(2,3)4)25-20(28)14-11-23-19-18(14)26-15(12-24-19)16-5-6-17(32-16)21(29)27-7-9-33(30,31)10-8-27/h5-6,11-13H,7-10H2,1-4H3,(H,23,24)(H,25,28). The van der Waals surface area contributed by atoms with Gasteiger partial charge < -0.3 is 15.2 Å². The third-order valence-electron chi connectivity index (χ3n) is 5.97. The summed E-state index contributed by atoms with van der Waals surface area (Å²) in [5, 5.41) is 3.02. The molecule has 33 heavy (non-hydrogen) atoms. The number of aromatic nitrogens is 3. The van der Waals surface area contributed by atoms with Gasteiger partial charge in [0.2, 0.25) is 0 Å². The zero-order valence-corrected chi connectivity index (χ0v) is 20.6. The van der Waals surface area contributed by atoms with Gasteiger partial charge in [-0.05, 0) is 24.5 Å². The van der Waals surface area contributed by atoms with Crippen molar-refractivity contribution >= 4 is 44.2 Å². The maximum absolute atomic E-state index is 12.8. The number of fused-ring (bicyclic) bond motifs is 1. The van der Waals surface area contributed by atoms with Crippen LogP contribution in [0.15, 0.2) is 24.5 Å². The summed E-state index contributed by atoms with van der Waals surface area (Å²) in [6.07, 6.45) is 3.21. The van der Waals surface area contributed by atoms with Crippen LogP contribution in [0.5, 0.6) is 0 Å². The molecule has 0 aliphatic carbocycles. The number of hydrogen-bond acceptors (Lipinski definition) is 7. The first-order chi connectivity index (χ1) is 15.4. The summed E-state index contributed by atoms with van der Waals surface area (Å²) in [5.74, 6) is -0.429. The van der Waals surface area contributed by atoms with Crippen molar-refractivity contribution in [3.63, 3.8) is 0 Å². The van der Waals surface area contributed by atoms with E-state index in [9.17, 15) is 18.0 Å². The molecule has 1 atom stereocenters. The van der Waals surface area contributed by atoms with Gasteiger partial charge in [-0.2, -0.15) is 0 Å². The first-order valence-corrected chi connectivity index (χ1v) is 13.3. The van der Waals surface area contributed by atoms with E-state index in [0.29, 0.717) is 27.3 Å². The molecular formula is C22H27N5O4S2. The Balaban J connectivity index is 1.56. The lowest BCUT2D eigenvalue weighted by atomic mass is 9.88. The van der Waals surface area contributed by atoms with Crippen molar-refractivity contribution in [1.82, 2.24) is 25.2 Å². The Kier molecular flexibility index (Phi) is 6.04. The Morgan fingerprint density at radius 3 is 2.58 bits per heavy atom. The van der Waals surface area contributed by atoms with Crippen LogP contribution in [-0.2, 0) is 9.84 Å². The lowest BCUT2D eigenvalue weighted by Crippen LogP contribution is -2.43. The minimum Gasteiger partial charge on any atom is -0.349 e. The quantitative estimate of drug-likeness (QED) is 0.581. The molecule has 3 aromatic rings. The van der Waals surface area contributed by atoms with E-state index >= 15 is 0 Å². The predicted molar refractivity (Wildman–Crippen MR) is 128 cm³/mol. The fraction of sp³-hybridized carbons (Fsp3) is 0.455. The van der Waals surface area contributed by atoms with Crippen molar-refractivity contribution in [2.75, 3.05) is 24.6 Å². The third-order valence-corrected chi connectivity index (χ3v) is 8.68. The first kappa shape index (κ1) is 23.4. The van der Waals surface area contributed by atoms with Crippen molar-refractivity contribution in [2.45, 2.75) is 33.7 Å². The van der Waals surface area contributed by atoms with Crippen LogP contribution in [0.3, 0.4) is 0 Å². The van der Waals surface area contributed by atoms with Gasteiger partial charge in [-0.15, -0.1) is 11.3 Å². The van der Waals surface area contributed by atoms with Gasteiger partial charge in [-0.3, -0.25) is 9.59 Å². The molecule has 4 heterocycles. The number of carbonyl (C=O) groups excluding carboxylic acids is 2. The fourth-order valence-corrected chi connectivity index (χ4v) is 5.47. The molecule has 1 aliphatic heterocycles. The van der Waals surface area contributed by atoms with Crippen LogP contribution in [0.4, 0.5) is 0 Å². The molecule has 2 amide bonds. The molecule has 0 aromatic carbocycles. The third kappa shape index (κ3) is 4.93. The highest BCUT2D eigenvalue weighted by atomic mass is 32.2. The number of nitrogens with zero attached hydrogens (tertiary/aromatic N) is 3. The molecule has 1 fully saturated rings. The van der Waals surface area contributed by atoms with Gasteiger partial charge in [0.1, 0.15) is 5.52 Å². The number of sulfone groups is 1. The normalized spacial score (nSPS) is 17.2. The van der Waals surface area contributed by atoms with Crippen LogP contribution < -0.4 is 5.32 Å². The molecule has 0 saturated carbocycles. The van der Waals surface area contributed by atoms with E-state index < -0.39 is 9.84 Å². The number of carbonyl (C=O) groups is 2. The maximum Gasteiger partial charge on any atom is 0.264 e. The highest BCUT2D eigenvalue weighted by molar-refractivity contribution is 7.91. The van der Waals surface area contributed by atoms with E-state index in [-0.39, 0.29) is 47.9 Å². The van der Waals surface area contributed by atoms with Gasteiger partial charge in [-0.25, -0.2) is 18.4 Å². The van der Waals surface area contributed by atoms with Crippen LogP contribution in [-0.4, -0.2) is 70.7 Å². The SMILES string of the molecule is CC(NC(=O)c1c[nH]c2ncc(-c3ccc(C(=O)N4CCS(=O)(=O)CC4)s3)nc12)C(C)(C)C. The molecule has 176 valence electrons. The van der Waals surface area contributed by atoms with E-state index in [1.807, 2.05) is 6.92 Å². The number of aromatic amines is 1. The van der Waals surface area contributed by atoms with Crippen LogP contribution in [0.25, 0.3) is 21.7 Å². The van der Waals surface area contributed by atoms with E-state index in [1.54, 1.807) is 29.4 Å². The average molecular weight is 490 g/mol. The molecular weight excluding hydrogens is 462 g/mol. The molecule has 2 N–H and O–H groups in total. The monoisotopic (exact) mass is 489 g/mol. The largest absolute Gasteiger partial charge is 0.349 e. The van der Waals surface area contributed by atoms with E-state index in [1.165, 1.54) is 11.3 Å². The molecule has 9 nitrogen and oxygen atoms in total. The van der Waals surface area contributed by atoms with Crippen molar-refractivity contribution in [3.8, 4) is 10.6 Å². The van der Waals surface area contributed by atoms with Crippen LogP contribution in [0.1, 0.15) is 47.7 Å². The number of H-pyrrole nitrogens is 1. The lowest BCUT2D eigenvalue weighted by Gasteiger charge is -2.27. The topological polar surface area (TPSA) is 125 Å². The summed E-state index contributed by atoms with van der Waals surface area (Å²) < 4.78 is 23.3. The zero-order valence-electron chi connectivity index (χ0n) is 19.0. The minimum absolute atomic E-state index is 0.00865. The van der Waals surface area contributed by atoms with Crippen molar-refractivity contribution < 1.29 is 18.0 Å². The molecule has 0 radical (unpaired) electrons. The molecule has 11 heteroatoms. The molecule has 0 spiro atoms. The Hall–Kier alpha value is -2.79. The van der Waals surface area contributed by atoms with E-state index in [0.717, 1.165) is 4.88 Å². The second-order valence-electron chi connectivity index (χ2n) is 9.32. The highest BCUT2D eigenvalue weighted by Crippen LogP contribution is 2.29. The molecule has 0 bridgehead atoms.